The Kier molecular flexibility index (Phi) is 10.5. The number of amides is 1. The fourth-order valence-electron chi connectivity index (χ4n) is 5.62. The van der Waals surface area contributed by atoms with Crippen molar-refractivity contribution in [2.45, 2.75) is 44.6 Å². The van der Waals surface area contributed by atoms with Gasteiger partial charge >= 0.3 is 0 Å². The first kappa shape index (κ1) is 30.4. The molecule has 228 valence electrons. The van der Waals surface area contributed by atoms with Crippen molar-refractivity contribution in [3.63, 3.8) is 0 Å². The van der Waals surface area contributed by atoms with Crippen LogP contribution >= 0.6 is 0 Å². The summed E-state index contributed by atoms with van der Waals surface area (Å²) in [6, 6.07) is 23.6. The van der Waals surface area contributed by atoms with Crippen molar-refractivity contribution < 1.29 is 24.5 Å². The van der Waals surface area contributed by atoms with E-state index < -0.39 is 6.10 Å². The number of rotatable bonds is 12. The van der Waals surface area contributed by atoms with E-state index in [-0.39, 0.29) is 30.9 Å². The molecular formula is C34H42N4O5. The number of carbonyl (C=O) groups is 1. The number of nitrogens with two attached hydrogens (primary N) is 1. The van der Waals surface area contributed by atoms with Crippen LogP contribution in [0.1, 0.15) is 39.9 Å². The van der Waals surface area contributed by atoms with Crippen LogP contribution < -0.4 is 20.5 Å². The number of hydrogen-bond donors (Lipinski definition) is 4. The van der Waals surface area contributed by atoms with Gasteiger partial charge in [0.2, 0.25) is 0 Å². The molecule has 9 heteroatoms. The first-order valence-electron chi connectivity index (χ1n) is 15.0. The molecule has 1 amide bonds. The summed E-state index contributed by atoms with van der Waals surface area (Å²) >= 11 is 0. The van der Waals surface area contributed by atoms with E-state index in [1.165, 1.54) is 16.7 Å². The van der Waals surface area contributed by atoms with Crippen molar-refractivity contribution in [2.24, 2.45) is 5.73 Å². The maximum absolute atomic E-state index is 12.7. The topological polar surface area (TPSA) is 121 Å². The average Bonchev–Trinajstić information content (AvgIpc) is 3.04. The molecule has 2 aliphatic heterocycles. The molecule has 0 aromatic heterocycles. The Morgan fingerprint density at radius 3 is 2.47 bits per heavy atom. The Labute approximate surface area is 253 Å². The quantitative estimate of drug-likeness (QED) is 0.238. The zero-order valence-electron chi connectivity index (χ0n) is 24.5. The lowest BCUT2D eigenvalue weighted by Crippen LogP contribution is -2.42. The maximum atomic E-state index is 12.7. The van der Waals surface area contributed by atoms with Gasteiger partial charge in [0.1, 0.15) is 30.0 Å². The lowest BCUT2D eigenvalue weighted by atomic mass is 9.99. The Bertz CT molecular complexity index is 1360. The summed E-state index contributed by atoms with van der Waals surface area (Å²) in [7, 11) is 0. The zero-order chi connectivity index (χ0) is 30.0. The fraction of sp³-hybridized carbons (Fsp3) is 0.382. The van der Waals surface area contributed by atoms with Crippen molar-refractivity contribution >= 4 is 5.91 Å². The lowest BCUT2D eigenvalue weighted by molar-refractivity contribution is 0.0841. The van der Waals surface area contributed by atoms with Crippen LogP contribution in [0.5, 0.6) is 11.5 Å². The van der Waals surface area contributed by atoms with E-state index >= 15 is 0 Å². The summed E-state index contributed by atoms with van der Waals surface area (Å²) in [6.45, 7) is 5.15. The van der Waals surface area contributed by atoms with Crippen LogP contribution in [0.25, 0.3) is 0 Å². The van der Waals surface area contributed by atoms with Gasteiger partial charge in [-0.3, -0.25) is 14.6 Å². The average molecular weight is 587 g/mol. The first-order valence-corrected chi connectivity index (χ1v) is 15.0. The van der Waals surface area contributed by atoms with Gasteiger partial charge in [0.15, 0.2) is 0 Å². The number of nitrogens with one attached hydrogen (secondary N) is 1. The molecule has 0 spiro atoms. The molecule has 1 saturated heterocycles. The molecule has 9 nitrogen and oxygen atoms in total. The van der Waals surface area contributed by atoms with E-state index in [2.05, 4.69) is 39.4 Å². The van der Waals surface area contributed by atoms with E-state index in [1.807, 2.05) is 36.4 Å². The molecule has 5 rings (SSSR count). The highest BCUT2D eigenvalue weighted by atomic mass is 16.5. The van der Waals surface area contributed by atoms with Crippen LogP contribution in [-0.4, -0.2) is 77.5 Å². The number of hydrogen-bond acceptors (Lipinski definition) is 8. The van der Waals surface area contributed by atoms with E-state index in [0.717, 1.165) is 57.4 Å². The van der Waals surface area contributed by atoms with Gasteiger partial charge in [-0.15, -0.1) is 0 Å². The summed E-state index contributed by atoms with van der Waals surface area (Å²) in [5.41, 5.74) is 9.51. The Hall–Kier alpha value is -4.05. The predicted molar refractivity (Wildman–Crippen MR) is 166 cm³/mol. The van der Waals surface area contributed by atoms with Crippen molar-refractivity contribution in [2.75, 3.05) is 39.3 Å². The first-order chi connectivity index (χ1) is 20.9. The number of benzene rings is 3. The molecule has 3 aromatic rings. The predicted octanol–water partition coefficient (Wildman–Crippen LogP) is 3.62. The van der Waals surface area contributed by atoms with Gasteiger partial charge in [-0.2, -0.15) is 0 Å². The van der Waals surface area contributed by atoms with Gasteiger partial charge in [-0.25, -0.2) is 0 Å². The second-order valence-electron chi connectivity index (χ2n) is 11.3. The standard InChI is InChI=1S/C34H42N4O5/c35-19-29(39)24-42-33-11-8-28-22-38(15-12-27(28)18-33)23-30(40)20-36-34(41)26-6-9-31(10-7-26)43-32-13-16-37(17-14-32)21-25-4-2-1-3-5-25/h1-11,18-19,30,32,39-40H,12-17,20-24,35H2,(H,36,41)/b29-19-. The minimum absolute atomic E-state index is 0.0163. The van der Waals surface area contributed by atoms with Crippen LogP contribution in [0.2, 0.25) is 0 Å². The van der Waals surface area contributed by atoms with Gasteiger partial charge in [0.25, 0.3) is 5.91 Å². The van der Waals surface area contributed by atoms with E-state index in [9.17, 15) is 15.0 Å². The second kappa shape index (κ2) is 14.9. The smallest absolute Gasteiger partial charge is 0.251 e. The number of fused-ring (bicyclic) bond motifs is 1. The summed E-state index contributed by atoms with van der Waals surface area (Å²) < 4.78 is 11.8. The van der Waals surface area contributed by atoms with Gasteiger partial charge in [0, 0.05) is 57.6 Å². The molecule has 0 radical (unpaired) electrons. The summed E-state index contributed by atoms with van der Waals surface area (Å²) in [6.07, 6.45) is 3.38. The van der Waals surface area contributed by atoms with Gasteiger partial charge in [-0.1, -0.05) is 36.4 Å². The van der Waals surface area contributed by atoms with E-state index in [1.54, 1.807) is 12.1 Å². The molecule has 1 fully saturated rings. The minimum Gasteiger partial charge on any atom is -0.507 e. The second-order valence-corrected chi connectivity index (χ2v) is 11.3. The number of nitrogens with zero attached hydrogens (tertiary/aromatic N) is 2. The molecule has 2 aliphatic rings. The molecule has 3 aromatic carbocycles. The Morgan fingerprint density at radius 2 is 1.72 bits per heavy atom. The third-order valence-corrected chi connectivity index (χ3v) is 8.02. The SMILES string of the molecule is N/C=C(\O)COc1ccc2c(c1)CCN(CC(O)CNC(=O)c1ccc(OC3CCN(Cc4ccccc4)CC3)cc1)C2. The van der Waals surface area contributed by atoms with Crippen molar-refractivity contribution in [1.82, 2.24) is 15.1 Å². The largest absolute Gasteiger partial charge is 0.507 e. The third-order valence-electron chi connectivity index (χ3n) is 8.02. The monoisotopic (exact) mass is 586 g/mol. The molecule has 0 bridgehead atoms. The van der Waals surface area contributed by atoms with Crippen molar-refractivity contribution in [3.8, 4) is 11.5 Å². The third kappa shape index (κ3) is 8.97. The molecule has 1 atom stereocenters. The fourth-order valence-corrected chi connectivity index (χ4v) is 5.62. The summed E-state index contributed by atoms with van der Waals surface area (Å²) in [5.74, 6) is 1.22. The number of likely N-dealkylation sites (tertiary alicyclic amines) is 1. The number of piperidine rings is 1. The highest BCUT2D eigenvalue weighted by molar-refractivity contribution is 5.94. The summed E-state index contributed by atoms with van der Waals surface area (Å²) in [4.78, 5) is 17.4. The highest BCUT2D eigenvalue weighted by Crippen LogP contribution is 2.25. The molecule has 5 N–H and O–H groups in total. The molecule has 0 aliphatic carbocycles. The van der Waals surface area contributed by atoms with Crippen LogP contribution in [0, 0.1) is 0 Å². The Morgan fingerprint density at radius 1 is 0.977 bits per heavy atom. The number of β-amino-alcohol motifs (C(OH)–C–C–N with tert-alkyl or cyclic N) is 1. The van der Waals surface area contributed by atoms with Gasteiger partial charge < -0.3 is 30.7 Å². The van der Waals surface area contributed by atoms with E-state index in [0.29, 0.717) is 24.4 Å². The summed E-state index contributed by atoms with van der Waals surface area (Å²) in [5, 5.41) is 23.0. The van der Waals surface area contributed by atoms with Gasteiger partial charge in [0.05, 0.1) is 6.10 Å². The Balaban J connectivity index is 1.01. The number of aliphatic hydroxyl groups is 2. The molecular weight excluding hydrogens is 544 g/mol. The highest BCUT2D eigenvalue weighted by Gasteiger charge is 2.22. The molecule has 1 unspecified atom stereocenters. The minimum atomic E-state index is -0.686. The zero-order valence-corrected chi connectivity index (χ0v) is 24.5. The lowest BCUT2D eigenvalue weighted by Gasteiger charge is -2.32. The van der Waals surface area contributed by atoms with Crippen LogP contribution in [0.3, 0.4) is 0 Å². The molecule has 43 heavy (non-hydrogen) atoms. The van der Waals surface area contributed by atoms with Gasteiger partial charge in [-0.05, 0) is 72.4 Å². The van der Waals surface area contributed by atoms with E-state index in [4.69, 9.17) is 15.2 Å². The number of aliphatic hydroxyl groups excluding tert-OH is 2. The number of carbonyl (C=O) groups excluding carboxylic acids is 1. The van der Waals surface area contributed by atoms with Crippen molar-refractivity contribution in [3.05, 3.63) is 107 Å². The molecule has 0 saturated carbocycles. The van der Waals surface area contributed by atoms with Crippen LogP contribution in [0.4, 0.5) is 0 Å². The normalized spacial score (nSPS) is 17.2. The van der Waals surface area contributed by atoms with Crippen LogP contribution in [0.15, 0.2) is 84.8 Å². The van der Waals surface area contributed by atoms with Crippen LogP contribution in [-0.2, 0) is 19.5 Å². The van der Waals surface area contributed by atoms with Crippen molar-refractivity contribution in [1.29, 1.82) is 0 Å². The number of ether oxygens (including phenoxy) is 2. The maximum Gasteiger partial charge on any atom is 0.251 e. The molecule has 2 heterocycles.